The van der Waals surface area contributed by atoms with Crippen LogP contribution in [0.4, 0.5) is 0 Å². The van der Waals surface area contributed by atoms with Gasteiger partial charge in [-0.3, -0.25) is 0 Å². The smallest absolute Gasteiger partial charge is 0.0644 e. The highest BCUT2D eigenvalue weighted by molar-refractivity contribution is 8.13. The van der Waals surface area contributed by atoms with Gasteiger partial charge in [0.15, 0.2) is 0 Å². The van der Waals surface area contributed by atoms with Crippen molar-refractivity contribution in [2.75, 3.05) is 0 Å². The summed E-state index contributed by atoms with van der Waals surface area (Å²) in [7, 11) is -0.844. The average molecular weight is 136 g/mol. The van der Waals surface area contributed by atoms with E-state index < -0.39 is 7.74 Å². The van der Waals surface area contributed by atoms with Crippen LogP contribution in [-0.2, 0) is 11.8 Å². The van der Waals surface area contributed by atoms with E-state index in [0.29, 0.717) is 0 Å². The molecule has 0 unspecified atom stereocenters. The molecule has 0 aromatic rings. The SMILES string of the molecule is C[Si](C)(C)P=S. The minimum absolute atomic E-state index is 0.844. The van der Waals surface area contributed by atoms with Gasteiger partial charge < -0.3 is 0 Å². The number of hydrogen-bond donors (Lipinski definition) is 0. The van der Waals surface area contributed by atoms with Crippen LogP contribution in [0.5, 0.6) is 0 Å². The number of hydrogen-bond acceptors (Lipinski definition) is 1. The van der Waals surface area contributed by atoms with Gasteiger partial charge >= 0.3 is 0 Å². The van der Waals surface area contributed by atoms with Crippen molar-refractivity contribution in [2.24, 2.45) is 0 Å². The van der Waals surface area contributed by atoms with Gasteiger partial charge in [-0.15, -0.1) is 0 Å². The van der Waals surface area contributed by atoms with Gasteiger partial charge in [0, 0.05) is 0 Å². The highest BCUT2D eigenvalue weighted by Gasteiger charge is 2.06. The lowest BCUT2D eigenvalue weighted by molar-refractivity contribution is 1.88. The van der Waals surface area contributed by atoms with Crippen LogP contribution < -0.4 is 0 Å². The summed E-state index contributed by atoms with van der Waals surface area (Å²) >= 11 is 4.82. The van der Waals surface area contributed by atoms with Gasteiger partial charge in [-0.25, -0.2) is 0 Å². The Morgan fingerprint density at radius 2 is 1.50 bits per heavy atom. The minimum Gasteiger partial charge on any atom is -0.0644 e. The van der Waals surface area contributed by atoms with Crippen LogP contribution in [0.1, 0.15) is 0 Å². The summed E-state index contributed by atoms with van der Waals surface area (Å²) in [5.41, 5.74) is 0. The normalized spacial score (nSPS) is 12.5. The van der Waals surface area contributed by atoms with Crippen molar-refractivity contribution in [1.29, 1.82) is 0 Å². The quantitative estimate of drug-likeness (QED) is 0.393. The molecule has 0 aliphatic rings. The van der Waals surface area contributed by atoms with E-state index in [-0.39, 0.29) is 0 Å². The van der Waals surface area contributed by atoms with Gasteiger partial charge in [0.1, 0.15) is 7.74 Å². The zero-order valence-electron chi connectivity index (χ0n) is 4.36. The molecular formula is C3H9PSSi. The van der Waals surface area contributed by atoms with Crippen molar-refractivity contribution in [2.45, 2.75) is 19.6 Å². The summed E-state index contributed by atoms with van der Waals surface area (Å²) in [4.78, 5) is 0. The van der Waals surface area contributed by atoms with Crippen LogP contribution in [0.2, 0.25) is 19.6 Å². The molecule has 0 amide bonds. The molecule has 0 spiro atoms. The van der Waals surface area contributed by atoms with Crippen molar-refractivity contribution >= 4 is 26.5 Å². The third-order valence-corrected chi connectivity index (χ3v) is 7.39. The third kappa shape index (κ3) is 4.74. The van der Waals surface area contributed by atoms with E-state index in [2.05, 4.69) is 19.6 Å². The van der Waals surface area contributed by atoms with Crippen molar-refractivity contribution < 1.29 is 0 Å². The summed E-state index contributed by atoms with van der Waals surface area (Å²) in [6.07, 6.45) is 0. The van der Waals surface area contributed by atoms with Crippen LogP contribution in [-0.4, -0.2) is 7.74 Å². The Hall–Kier alpha value is 0.737. The van der Waals surface area contributed by atoms with Crippen molar-refractivity contribution in [3.8, 4) is 0 Å². The zero-order valence-corrected chi connectivity index (χ0v) is 7.07. The summed E-state index contributed by atoms with van der Waals surface area (Å²) in [5.74, 6) is 0. The zero-order chi connectivity index (χ0) is 5.21. The summed E-state index contributed by atoms with van der Waals surface area (Å²) in [6, 6.07) is 0. The van der Waals surface area contributed by atoms with Crippen molar-refractivity contribution in [3.05, 3.63) is 0 Å². The Bertz CT molecular complexity index is 56.3. The molecule has 0 N–H and O–H groups in total. The first-order valence-electron chi connectivity index (χ1n) is 1.91. The fraction of sp³-hybridized carbons (Fsp3) is 1.00. The van der Waals surface area contributed by atoms with Gasteiger partial charge in [-0.1, -0.05) is 38.4 Å². The van der Waals surface area contributed by atoms with Gasteiger partial charge in [0.2, 0.25) is 0 Å². The lowest BCUT2D eigenvalue weighted by Crippen LogP contribution is -2.07. The highest BCUT2D eigenvalue weighted by atomic mass is 32.5. The molecule has 0 aromatic heterocycles. The van der Waals surface area contributed by atoms with Gasteiger partial charge in [0.25, 0.3) is 0 Å². The Kier molecular flexibility index (Phi) is 2.41. The molecule has 0 aliphatic carbocycles. The van der Waals surface area contributed by atoms with Crippen LogP contribution >= 0.6 is 6.90 Å². The average Bonchev–Trinajstić information content (AvgIpc) is 1.35. The lowest BCUT2D eigenvalue weighted by atomic mass is 11.8. The monoisotopic (exact) mass is 136 g/mol. The van der Waals surface area contributed by atoms with E-state index in [0.717, 1.165) is 0 Å². The minimum atomic E-state index is -0.844. The van der Waals surface area contributed by atoms with Crippen molar-refractivity contribution in [1.82, 2.24) is 0 Å². The van der Waals surface area contributed by atoms with Crippen molar-refractivity contribution in [3.63, 3.8) is 0 Å². The molecular weight excluding hydrogens is 127 g/mol. The summed E-state index contributed by atoms with van der Waals surface area (Å²) in [5, 5.41) is 0. The molecule has 0 saturated heterocycles. The second-order valence-electron chi connectivity index (χ2n) is 2.26. The van der Waals surface area contributed by atoms with Crippen LogP contribution in [0.3, 0.4) is 0 Å². The molecule has 0 aromatic carbocycles. The highest BCUT2D eigenvalue weighted by Crippen LogP contribution is 2.14. The standard InChI is InChI=1S/C3H9PSSi/c1-6(2,3)4-5/h1-3H3. The molecule has 0 radical (unpaired) electrons. The summed E-state index contributed by atoms with van der Waals surface area (Å²) < 4.78 is 0. The van der Waals surface area contributed by atoms with Gasteiger partial charge in [-0.05, 0) is 0 Å². The maximum absolute atomic E-state index is 4.82. The molecule has 0 heterocycles. The fourth-order valence-corrected chi connectivity index (χ4v) is 0. The van der Waals surface area contributed by atoms with E-state index in [4.69, 9.17) is 11.8 Å². The van der Waals surface area contributed by atoms with Crippen LogP contribution in [0.25, 0.3) is 0 Å². The Labute approximate surface area is 46.7 Å². The van der Waals surface area contributed by atoms with E-state index >= 15 is 0 Å². The predicted molar refractivity (Wildman–Crippen MR) is 37.6 cm³/mol. The predicted octanol–water partition coefficient (Wildman–Crippen LogP) is 2.23. The molecule has 0 atom stereocenters. The molecule has 0 nitrogen and oxygen atoms in total. The largest absolute Gasteiger partial charge is 0.116 e. The lowest BCUT2D eigenvalue weighted by Gasteiger charge is -2.01. The molecule has 36 valence electrons. The van der Waals surface area contributed by atoms with Crippen LogP contribution in [0.15, 0.2) is 0 Å². The van der Waals surface area contributed by atoms with E-state index in [1.165, 1.54) is 6.90 Å². The first-order chi connectivity index (χ1) is 2.56. The Morgan fingerprint density at radius 3 is 1.50 bits per heavy atom. The summed E-state index contributed by atoms with van der Waals surface area (Å²) in [6.45, 7) is 7.99. The Balaban J connectivity index is 3.45. The van der Waals surface area contributed by atoms with E-state index in [9.17, 15) is 0 Å². The fourth-order valence-electron chi connectivity index (χ4n) is 0. The molecule has 0 saturated carbocycles. The van der Waals surface area contributed by atoms with E-state index in [1.807, 2.05) is 0 Å². The van der Waals surface area contributed by atoms with Gasteiger partial charge in [-0.2, -0.15) is 0 Å². The first-order valence-corrected chi connectivity index (χ1v) is 8.16. The number of rotatable bonds is 1. The van der Waals surface area contributed by atoms with Crippen LogP contribution in [0, 0.1) is 0 Å². The van der Waals surface area contributed by atoms with Gasteiger partial charge in [0.05, 0.1) is 0 Å². The maximum atomic E-state index is 4.82. The molecule has 0 aliphatic heterocycles. The molecule has 0 fully saturated rings. The molecule has 0 rings (SSSR count). The second kappa shape index (κ2) is 2.15. The Morgan fingerprint density at radius 1 is 1.33 bits per heavy atom. The molecule has 0 bridgehead atoms. The third-order valence-electron chi connectivity index (χ3n) is 0.274. The second-order valence-corrected chi connectivity index (χ2v) is 13.0. The molecule has 3 heteroatoms. The maximum Gasteiger partial charge on any atom is 0.116 e. The van der Waals surface area contributed by atoms with E-state index in [1.54, 1.807) is 0 Å². The molecule has 6 heavy (non-hydrogen) atoms. The first kappa shape index (κ1) is 6.74. The topological polar surface area (TPSA) is 0 Å².